The van der Waals surface area contributed by atoms with Crippen molar-refractivity contribution in [2.45, 2.75) is 5.60 Å². The molecule has 9 nitrogen and oxygen atoms in total. The van der Waals surface area contributed by atoms with Gasteiger partial charge in [-0.2, -0.15) is 0 Å². The van der Waals surface area contributed by atoms with Crippen molar-refractivity contribution < 1.29 is 42.6 Å². The quantitative estimate of drug-likeness (QED) is 0.0541. The van der Waals surface area contributed by atoms with Crippen LogP contribution in [0.1, 0.15) is 16.7 Å². The van der Waals surface area contributed by atoms with E-state index in [4.69, 9.17) is 42.6 Å². The summed E-state index contributed by atoms with van der Waals surface area (Å²) in [6.45, 7) is 12.2. The van der Waals surface area contributed by atoms with Gasteiger partial charge in [-0.3, -0.25) is 0 Å². The van der Waals surface area contributed by atoms with Crippen LogP contribution in [-0.2, 0) is 48.2 Å². The average Bonchev–Trinajstić information content (AvgIpc) is 3.12. The van der Waals surface area contributed by atoms with Gasteiger partial charge in [0, 0.05) is 0 Å². The third-order valence-corrected chi connectivity index (χ3v) is 6.93. The normalized spacial score (nSPS) is 11.6. The number of ether oxygens (including phenoxy) is 9. The summed E-state index contributed by atoms with van der Waals surface area (Å²) in [7, 11) is 0. The Morgan fingerprint density at radius 3 is 0.894 bits per heavy atom. The second-order valence-corrected chi connectivity index (χ2v) is 10.3. The van der Waals surface area contributed by atoms with Crippen LogP contribution in [0.15, 0.2) is 104 Å². The molecule has 3 rings (SSSR count). The highest BCUT2D eigenvalue weighted by atomic mass is 16.6. The molecule has 0 aromatic heterocycles. The highest BCUT2D eigenvalue weighted by Gasteiger charge is 2.37. The van der Waals surface area contributed by atoms with E-state index in [1.165, 1.54) is 0 Å². The highest BCUT2D eigenvalue weighted by molar-refractivity contribution is 5.47. The minimum atomic E-state index is -0.746. The molecule has 0 N–H and O–H groups in total. The lowest BCUT2D eigenvalue weighted by Gasteiger charge is -2.36. The molecule has 0 aliphatic heterocycles. The van der Waals surface area contributed by atoms with Crippen LogP contribution in [0.4, 0.5) is 0 Å². The predicted molar refractivity (Wildman–Crippen MR) is 182 cm³/mol. The fourth-order valence-electron chi connectivity index (χ4n) is 4.73. The fourth-order valence-corrected chi connectivity index (χ4v) is 4.73. The minimum absolute atomic E-state index is 0.420. The lowest BCUT2D eigenvalue weighted by Crippen LogP contribution is -2.34. The summed E-state index contributed by atoms with van der Waals surface area (Å²) in [5.41, 5.74) is 2.46. The summed E-state index contributed by atoms with van der Waals surface area (Å²) >= 11 is 0. The van der Waals surface area contributed by atoms with Crippen molar-refractivity contribution >= 4 is 0 Å². The third kappa shape index (κ3) is 15.7. The highest BCUT2D eigenvalue weighted by Crippen LogP contribution is 2.40. The Morgan fingerprint density at radius 2 is 0.617 bits per heavy atom. The van der Waals surface area contributed by atoms with Crippen LogP contribution >= 0.6 is 0 Å². The zero-order valence-corrected chi connectivity index (χ0v) is 27.6. The molecule has 0 heterocycles. The van der Waals surface area contributed by atoms with E-state index in [-0.39, 0.29) is 0 Å². The monoisotopic (exact) mass is 652 g/mol. The first-order valence-electron chi connectivity index (χ1n) is 16.4. The van der Waals surface area contributed by atoms with Crippen molar-refractivity contribution in [1.29, 1.82) is 0 Å². The van der Waals surface area contributed by atoms with Gasteiger partial charge >= 0.3 is 0 Å². The molecule has 0 amide bonds. The van der Waals surface area contributed by atoms with Crippen molar-refractivity contribution in [2.75, 3.05) is 112 Å². The molecule has 0 aliphatic rings. The van der Waals surface area contributed by atoms with Gasteiger partial charge in [0.1, 0.15) is 5.60 Å². The Hall–Kier alpha value is -2.96. The average molecular weight is 653 g/mol. The molecule has 47 heavy (non-hydrogen) atoms. The van der Waals surface area contributed by atoms with Crippen LogP contribution < -0.4 is 0 Å². The van der Waals surface area contributed by atoms with E-state index < -0.39 is 5.60 Å². The molecule has 9 heteroatoms. The fraction of sp³-hybridized carbons (Fsp3) is 0.474. The molecule has 0 aliphatic carbocycles. The van der Waals surface area contributed by atoms with E-state index >= 15 is 0 Å². The van der Waals surface area contributed by atoms with Crippen molar-refractivity contribution in [3.05, 3.63) is 120 Å². The maximum absolute atomic E-state index is 6.72. The molecule has 0 spiro atoms. The summed E-state index contributed by atoms with van der Waals surface area (Å²) in [6.07, 6.45) is 1.71. The molecular weight excluding hydrogens is 600 g/mol. The summed E-state index contributed by atoms with van der Waals surface area (Å²) in [5.74, 6) is 0. The van der Waals surface area contributed by atoms with Gasteiger partial charge in [0.15, 0.2) is 0 Å². The van der Waals surface area contributed by atoms with E-state index in [9.17, 15) is 0 Å². The van der Waals surface area contributed by atoms with Gasteiger partial charge < -0.3 is 42.6 Å². The number of rotatable bonds is 30. The molecule has 0 saturated heterocycles. The summed E-state index contributed by atoms with van der Waals surface area (Å²) in [5, 5.41) is 0. The smallest absolute Gasteiger partial charge is 0.143 e. The first-order chi connectivity index (χ1) is 23.4. The molecule has 3 aromatic carbocycles. The van der Waals surface area contributed by atoms with Gasteiger partial charge in [0.2, 0.25) is 0 Å². The maximum Gasteiger partial charge on any atom is 0.143 e. The van der Waals surface area contributed by atoms with Gasteiger partial charge in [-0.25, -0.2) is 0 Å². The van der Waals surface area contributed by atoms with Gasteiger partial charge in [-0.1, -0.05) is 97.1 Å². The van der Waals surface area contributed by atoms with Crippen molar-refractivity contribution in [3.63, 3.8) is 0 Å². The van der Waals surface area contributed by atoms with E-state index in [0.29, 0.717) is 112 Å². The Kier molecular flexibility index (Phi) is 21.3. The Bertz CT molecular complexity index is 1040. The van der Waals surface area contributed by atoms with E-state index in [2.05, 4.69) is 43.0 Å². The van der Waals surface area contributed by atoms with Crippen molar-refractivity contribution in [2.24, 2.45) is 0 Å². The van der Waals surface area contributed by atoms with E-state index in [0.717, 1.165) is 16.7 Å². The van der Waals surface area contributed by atoms with Crippen LogP contribution in [-0.4, -0.2) is 112 Å². The molecule has 258 valence electrons. The van der Waals surface area contributed by atoms with Gasteiger partial charge in [-0.15, -0.1) is 6.58 Å². The van der Waals surface area contributed by atoms with Crippen molar-refractivity contribution in [3.8, 4) is 0 Å². The lowest BCUT2D eigenvalue weighted by molar-refractivity contribution is -0.0398. The van der Waals surface area contributed by atoms with Gasteiger partial charge in [-0.05, 0) is 16.7 Å². The molecule has 0 saturated carbocycles. The molecule has 0 radical (unpaired) electrons. The molecular formula is C38H52O9. The molecule has 3 aromatic rings. The Morgan fingerprint density at radius 1 is 0.362 bits per heavy atom. The lowest BCUT2D eigenvalue weighted by atomic mass is 9.80. The van der Waals surface area contributed by atoms with E-state index in [1.807, 2.05) is 54.6 Å². The zero-order chi connectivity index (χ0) is 32.9. The van der Waals surface area contributed by atoms with Gasteiger partial charge in [0.25, 0.3) is 0 Å². The van der Waals surface area contributed by atoms with Crippen LogP contribution in [0.25, 0.3) is 0 Å². The minimum Gasteiger partial charge on any atom is -0.377 e. The molecule has 0 unspecified atom stereocenters. The standard InChI is InChI=1S/C38H52O9/c1-2-18-39-19-20-40-21-22-41-23-24-42-25-26-43-27-28-44-29-30-45-31-32-46-33-34-47-38(35-12-6-3-7-13-35,36-14-8-4-9-15-36)37-16-10-5-11-17-37/h2-17H,1,18-34H2. The number of hydrogen-bond donors (Lipinski definition) is 0. The van der Waals surface area contributed by atoms with Crippen LogP contribution in [0, 0.1) is 0 Å². The van der Waals surface area contributed by atoms with Gasteiger partial charge in [0.05, 0.1) is 112 Å². The zero-order valence-electron chi connectivity index (χ0n) is 27.6. The van der Waals surface area contributed by atoms with Crippen LogP contribution in [0.3, 0.4) is 0 Å². The summed E-state index contributed by atoms with van der Waals surface area (Å²) in [6, 6.07) is 31.0. The Balaban J connectivity index is 1.16. The topological polar surface area (TPSA) is 83.1 Å². The number of benzene rings is 3. The van der Waals surface area contributed by atoms with Crippen molar-refractivity contribution in [1.82, 2.24) is 0 Å². The molecule has 0 fully saturated rings. The van der Waals surface area contributed by atoms with Crippen LogP contribution in [0.5, 0.6) is 0 Å². The second-order valence-electron chi connectivity index (χ2n) is 10.3. The maximum atomic E-state index is 6.72. The largest absolute Gasteiger partial charge is 0.377 e. The summed E-state index contributed by atoms with van der Waals surface area (Å²) in [4.78, 5) is 0. The first-order valence-corrected chi connectivity index (χ1v) is 16.4. The second kappa shape index (κ2) is 26.0. The third-order valence-electron chi connectivity index (χ3n) is 6.93. The molecule has 0 bridgehead atoms. The SMILES string of the molecule is C=CCOCCOCCOCCOCCOCCOCCOCCOCCOC(c1ccccc1)(c1ccccc1)c1ccccc1. The predicted octanol–water partition coefficient (Wildman–Crippen LogP) is 5.31. The van der Waals surface area contributed by atoms with Crippen LogP contribution in [0.2, 0.25) is 0 Å². The first kappa shape index (κ1) is 38.5. The van der Waals surface area contributed by atoms with E-state index in [1.54, 1.807) is 6.08 Å². The summed E-state index contributed by atoms with van der Waals surface area (Å²) < 4.78 is 50.8. The number of hydrogen-bond acceptors (Lipinski definition) is 9. The molecule has 0 atom stereocenters. The Labute approximate surface area is 280 Å².